The summed E-state index contributed by atoms with van der Waals surface area (Å²) in [7, 11) is 0. The molecule has 0 amide bonds. The minimum Gasteiger partial charge on any atom is -0.297 e. The van der Waals surface area contributed by atoms with Crippen LogP contribution in [-0.4, -0.2) is 24.0 Å². The summed E-state index contributed by atoms with van der Waals surface area (Å²) in [6.07, 6.45) is 5.59. The first kappa shape index (κ1) is 14.0. The molecule has 0 aliphatic rings. The Morgan fingerprint density at radius 1 is 1.24 bits per heavy atom. The van der Waals surface area contributed by atoms with Gasteiger partial charge in [-0.2, -0.15) is 0 Å². The van der Waals surface area contributed by atoms with E-state index >= 15 is 0 Å². The molecule has 1 aromatic rings. The van der Waals surface area contributed by atoms with Crippen LogP contribution < -0.4 is 0 Å². The summed E-state index contributed by atoms with van der Waals surface area (Å²) in [5.74, 6) is 0. The van der Waals surface area contributed by atoms with Crippen molar-refractivity contribution in [2.75, 3.05) is 13.1 Å². The molecule has 0 aliphatic carbocycles. The van der Waals surface area contributed by atoms with Gasteiger partial charge in [-0.3, -0.25) is 4.90 Å². The average molecular weight is 231 g/mol. The zero-order valence-electron chi connectivity index (χ0n) is 11.6. The van der Waals surface area contributed by atoms with Crippen molar-refractivity contribution in [1.29, 1.82) is 0 Å². The highest BCUT2D eigenvalue weighted by atomic mass is 15.1. The molecular formula is C16H25N. The molecule has 0 spiro atoms. The van der Waals surface area contributed by atoms with Crippen LogP contribution in [0.1, 0.15) is 31.9 Å². The lowest BCUT2D eigenvalue weighted by atomic mass is 10.0. The molecule has 17 heavy (non-hydrogen) atoms. The zero-order valence-corrected chi connectivity index (χ0v) is 11.6. The van der Waals surface area contributed by atoms with Gasteiger partial charge >= 0.3 is 0 Å². The van der Waals surface area contributed by atoms with Crippen molar-refractivity contribution in [2.45, 2.75) is 40.2 Å². The van der Waals surface area contributed by atoms with E-state index in [-0.39, 0.29) is 0 Å². The molecule has 0 radical (unpaired) electrons. The van der Waals surface area contributed by atoms with Crippen LogP contribution in [0.4, 0.5) is 0 Å². The van der Waals surface area contributed by atoms with E-state index in [2.05, 4.69) is 69.0 Å². The van der Waals surface area contributed by atoms with E-state index in [1.165, 1.54) is 11.1 Å². The second-order valence-electron chi connectivity index (χ2n) is 4.51. The second-order valence-corrected chi connectivity index (χ2v) is 4.51. The highest BCUT2D eigenvalue weighted by molar-refractivity contribution is 5.23. The highest BCUT2D eigenvalue weighted by Gasteiger charge is 2.12. The molecule has 1 heteroatoms. The van der Waals surface area contributed by atoms with Crippen LogP contribution in [0.5, 0.6) is 0 Å². The highest BCUT2D eigenvalue weighted by Crippen LogP contribution is 2.12. The van der Waals surface area contributed by atoms with Crippen molar-refractivity contribution in [3.63, 3.8) is 0 Å². The lowest BCUT2D eigenvalue weighted by Crippen LogP contribution is -2.35. The maximum absolute atomic E-state index is 2.50. The molecule has 0 aliphatic heterocycles. The maximum atomic E-state index is 2.50. The Morgan fingerprint density at radius 3 is 2.47 bits per heavy atom. The Bertz CT molecular complexity index is 350. The molecule has 0 fully saturated rings. The lowest BCUT2D eigenvalue weighted by Gasteiger charge is -2.27. The minimum atomic E-state index is 0.525. The number of nitrogens with zero attached hydrogens (tertiary/aromatic N) is 1. The van der Waals surface area contributed by atoms with E-state index in [1.807, 2.05) is 0 Å². The second kappa shape index (κ2) is 7.29. The predicted octanol–water partition coefficient (Wildman–Crippen LogP) is 3.82. The summed E-state index contributed by atoms with van der Waals surface area (Å²) in [6.45, 7) is 10.9. The van der Waals surface area contributed by atoms with Crippen LogP contribution in [0.2, 0.25) is 0 Å². The van der Waals surface area contributed by atoms with E-state index < -0.39 is 0 Å². The van der Waals surface area contributed by atoms with Gasteiger partial charge in [-0.25, -0.2) is 0 Å². The molecule has 0 N–H and O–H groups in total. The van der Waals surface area contributed by atoms with Gasteiger partial charge in [0.05, 0.1) is 0 Å². The first-order valence-electron chi connectivity index (χ1n) is 6.63. The van der Waals surface area contributed by atoms with Gasteiger partial charge in [-0.05, 0) is 38.9 Å². The summed E-state index contributed by atoms with van der Waals surface area (Å²) < 4.78 is 0. The Hall–Kier alpha value is -1.08. The summed E-state index contributed by atoms with van der Waals surface area (Å²) >= 11 is 0. The molecule has 1 aromatic carbocycles. The molecule has 0 heterocycles. The molecule has 0 saturated heterocycles. The van der Waals surface area contributed by atoms with Gasteiger partial charge in [-0.15, -0.1) is 0 Å². The number of rotatable bonds is 6. The zero-order chi connectivity index (χ0) is 12.7. The fraction of sp³-hybridized carbons (Fsp3) is 0.500. The third-order valence-electron chi connectivity index (χ3n) is 3.22. The topological polar surface area (TPSA) is 3.24 Å². The van der Waals surface area contributed by atoms with Crippen LogP contribution in [0.25, 0.3) is 0 Å². The van der Waals surface area contributed by atoms with E-state index in [1.54, 1.807) is 0 Å². The molecule has 0 aromatic heterocycles. The molecule has 0 bridgehead atoms. The Balaban J connectivity index is 2.79. The molecule has 1 nitrogen and oxygen atoms in total. The normalized spacial score (nSPS) is 13.5. The monoisotopic (exact) mass is 231 g/mol. The van der Waals surface area contributed by atoms with E-state index in [0.29, 0.717) is 6.04 Å². The van der Waals surface area contributed by atoms with Crippen molar-refractivity contribution >= 4 is 0 Å². The Labute approximate surface area is 106 Å². The molecule has 1 atom stereocenters. The Morgan fingerprint density at radius 2 is 1.94 bits per heavy atom. The van der Waals surface area contributed by atoms with E-state index in [0.717, 1.165) is 19.5 Å². The number of hydrogen-bond donors (Lipinski definition) is 0. The molecule has 0 saturated carbocycles. The maximum Gasteiger partial charge on any atom is 0.0318 e. The van der Waals surface area contributed by atoms with Gasteiger partial charge in [0.25, 0.3) is 0 Å². The van der Waals surface area contributed by atoms with Crippen LogP contribution >= 0.6 is 0 Å². The summed E-state index contributed by atoms with van der Waals surface area (Å²) in [5, 5.41) is 0. The van der Waals surface area contributed by atoms with E-state index in [9.17, 15) is 0 Å². The average Bonchev–Trinajstić information content (AvgIpc) is 2.31. The first-order chi connectivity index (χ1) is 8.21. The third-order valence-corrected chi connectivity index (χ3v) is 3.22. The van der Waals surface area contributed by atoms with Crippen LogP contribution in [-0.2, 0) is 6.42 Å². The van der Waals surface area contributed by atoms with Crippen molar-refractivity contribution in [2.24, 2.45) is 0 Å². The number of benzene rings is 1. The van der Waals surface area contributed by atoms with Crippen molar-refractivity contribution in [3.8, 4) is 0 Å². The predicted molar refractivity (Wildman–Crippen MR) is 76.4 cm³/mol. The van der Waals surface area contributed by atoms with Gasteiger partial charge in [0, 0.05) is 6.04 Å². The van der Waals surface area contributed by atoms with Crippen molar-refractivity contribution in [3.05, 3.63) is 47.5 Å². The summed E-state index contributed by atoms with van der Waals surface area (Å²) in [4.78, 5) is 2.50. The fourth-order valence-electron chi connectivity index (χ4n) is 2.31. The quantitative estimate of drug-likeness (QED) is 0.673. The Kier molecular flexibility index (Phi) is 5.99. The summed E-state index contributed by atoms with van der Waals surface area (Å²) in [5.41, 5.74) is 2.78. The van der Waals surface area contributed by atoms with Gasteiger partial charge in [0.2, 0.25) is 0 Å². The van der Waals surface area contributed by atoms with Crippen LogP contribution in [0, 0.1) is 6.92 Å². The lowest BCUT2D eigenvalue weighted by molar-refractivity contribution is 0.252. The first-order valence-corrected chi connectivity index (χ1v) is 6.63. The number of aryl methyl sites for hydroxylation is 1. The van der Waals surface area contributed by atoms with Crippen molar-refractivity contribution in [1.82, 2.24) is 4.90 Å². The van der Waals surface area contributed by atoms with Gasteiger partial charge in [0.1, 0.15) is 0 Å². The van der Waals surface area contributed by atoms with Gasteiger partial charge < -0.3 is 0 Å². The molecule has 1 unspecified atom stereocenters. The molecule has 94 valence electrons. The summed E-state index contributed by atoms with van der Waals surface area (Å²) in [6, 6.07) is 9.36. The van der Waals surface area contributed by atoms with Crippen LogP contribution in [0.3, 0.4) is 0 Å². The SMILES string of the molecule is C/C=C/C(Cc1cccc(C)c1)N(CC)CC. The number of hydrogen-bond acceptors (Lipinski definition) is 1. The van der Waals surface area contributed by atoms with Crippen molar-refractivity contribution < 1.29 is 0 Å². The minimum absolute atomic E-state index is 0.525. The molecular weight excluding hydrogens is 206 g/mol. The largest absolute Gasteiger partial charge is 0.297 e. The molecule has 1 rings (SSSR count). The van der Waals surface area contributed by atoms with Crippen LogP contribution in [0.15, 0.2) is 36.4 Å². The van der Waals surface area contributed by atoms with E-state index in [4.69, 9.17) is 0 Å². The van der Waals surface area contributed by atoms with Gasteiger partial charge in [-0.1, -0.05) is 55.8 Å². The van der Waals surface area contributed by atoms with Gasteiger partial charge in [0.15, 0.2) is 0 Å². The smallest absolute Gasteiger partial charge is 0.0318 e. The number of allylic oxidation sites excluding steroid dienone is 1. The standard InChI is InChI=1S/C16H25N/c1-5-9-16(17(6-2)7-3)13-15-11-8-10-14(4)12-15/h5,8-12,16H,6-7,13H2,1-4H3/b9-5+. The third kappa shape index (κ3) is 4.35. The number of likely N-dealkylation sites (N-methyl/N-ethyl adjacent to an activating group) is 1. The fourth-order valence-corrected chi connectivity index (χ4v) is 2.31.